The van der Waals surface area contributed by atoms with Crippen molar-refractivity contribution in [3.63, 3.8) is 0 Å². The Morgan fingerprint density at radius 2 is 1.67 bits per heavy atom. The third kappa shape index (κ3) is 7.23. The number of carbonyl (C=O) groups excluding carboxylic acids is 1. The molecule has 2 atom stereocenters. The molecule has 5 rings (SSSR count). The molecule has 1 heterocycles. The summed E-state index contributed by atoms with van der Waals surface area (Å²) in [4.78, 5) is 11.4. The highest BCUT2D eigenvalue weighted by Gasteiger charge is 2.34. The number of halogens is 3. The number of ether oxygens (including phenoxy) is 1. The van der Waals surface area contributed by atoms with E-state index in [1.54, 1.807) is 13.8 Å². The molecule has 0 bridgehead atoms. The van der Waals surface area contributed by atoms with Crippen LogP contribution in [0.4, 0.5) is 13.2 Å². The number of hydrogen-bond acceptors (Lipinski definition) is 5. The van der Waals surface area contributed by atoms with Crippen LogP contribution in [-0.2, 0) is 34.0 Å². The lowest BCUT2D eigenvalue weighted by Gasteiger charge is -2.34. The Hall–Kier alpha value is -4.15. The predicted octanol–water partition coefficient (Wildman–Crippen LogP) is 6.51. The maximum atomic E-state index is 14.0. The van der Waals surface area contributed by atoms with Gasteiger partial charge in [-0.15, -0.1) is 0 Å². The number of nitrogens with zero attached hydrogens (tertiary/aromatic N) is 1. The van der Waals surface area contributed by atoms with Crippen molar-refractivity contribution in [1.29, 1.82) is 0 Å². The second-order valence-corrected chi connectivity index (χ2v) is 13.2. The largest absolute Gasteiger partial charge is 0.546 e. The number of alkyl halides is 3. The first-order chi connectivity index (χ1) is 21.4. The zero-order valence-electron chi connectivity index (χ0n) is 24.9. The second kappa shape index (κ2) is 13.1. The van der Waals surface area contributed by atoms with Gasteiger partial charge in [-0.1, -0.05) is 61.5 Å². The molecule has 0 saturated carbocycles. The second-order valence-electron chi connectivity index (χ2n) is 11.3. The predicted molar refractivity (Wildman–Crippen MR) is 163 cm³/mol. The number of sulfonamides is 1. The first-order valence-electron chi connectivity index (χ1n) is 14.7. The van der Waals surface area contributed by atoms with E-state index in [9.17, 15) is 31.5 Å². The fraction of sp³-hybridized carbons (Fsp3) is 0.286. The minimum absolute atomic E-state index is 0.0537. The summed E-state index contributed by atoms with van der Waals surface area (Å²) in [7, 11) is -3.99. The molecule has 0 fully saturated rings. The van der Waals surface area contributed by atoms with E-state index in [0.717, 1.165) is 35.2 Å². The minimum atomic E-state index is -4.44. The molecule has 0 aliphatic carbocycles. The van der Waals surface area contributed by atoms with Crippen LogP contribution < -0.4 is 9.84 Å². The van der Waals surface area contributed by atoms with Gasteiger partial charge in [-0.3, -0.25) is 0 Å². The van der Waals surface area contributed by atoms with E-state index in [1.165, 1.54) is 34.6 Å². The van der Waals surface area contributed by atoms with Crippen molar-refractivity contribution < 1.29 is 36.2 Å². The highest BCUT2D eigenvalue weighted by atomic mass is 32.2. The van der Waals surface area contributed by atoms with Crippen molar-refractivity contribution in [1.82, 2.24) is 4.31 Å². The standard InChI is InChI=1S/C35H34F3NO5S/c1-3-32(34(40)41)44-33-18-16-30(19-23(33)2)45(42,43)39-21-27(10-9-24-7-5-4-6-8-24)31-17-13-26(20-28(31)22-39)25-11-14-29(15-12-25)35(36,37)38/h4-8,11-20,27,32H,3,9-10,21-22H2,1-2H3,(H,40,41)/p-1. The van der Waals surface area contributed by atoms with Crippen LogP contribution in [0.3, 0.4) is 0 Å². The number of hydrogen-bond donors (Lipinski definition) is 0. The molecule has 1 aliphatic heterocycles. The Morgan fingerprint density at radius 1 is 0.978 bits per heavy atom. The van der Waals surface area contributed by atoms with Gasteiger partial charge in [0.2, 0.25) is 10.0 Å². The normalized spacial score (nSPS) is 16.2. The molecule has 0 aromatic heterocycles. The molecule has 0 spiro atoms. The highest BCUT2D eigenvalue weighted by molar-refractivity contribution is 7.89. The lowest BCUT2D eigenvalue weighted by Crippen LogP contribution is -2.39. The Labute approximate surface area is 261 Å². The van der Waals surface area contributed by atoms with Crippen LogP contribution in [0, 0.1) is 6.92 Å². The van der Waals surface area contributed by atoms with Gasteiger partial charge >= 0.3 is 6.18 Å². The number of benzene rings is 4. The molecule has 6 nitrogen and oxygen atoms in total. The molecule has 10 heteroatoms. The van der Waals surface area contributed by atoms with Crippen LogP contribution in [0.2, 0.25) is 0 Å². The minimum Gasteiger partial charge on any atom is -0.546 e. The van der Waals surface area contributed by atoms with Crippen molar-refractivity contribution in [3.05, 3.63) is 119 Å². The lowest BCUT2D eigenvalue weighted by molar-refractivity contribution is -0.313. The molecule has 1 aliphatic rings. The number of fused-ring (bicyclic) bond motifs is 1. The van der Waals surface area contributed by atoms with Crippen LogP contribution in [-0.4, -0.2) is 31.3 Å². The number of rotatable bonds is 10. The number of aliphatic carboxylic acids is 1. The van der Waals surface area contributed by atoms with Gasteiger partial charge in [0.05, 0.1) is 16.4 Å². The summed E-state index contributed by atoms with van der Waals surface area (Å²) in [5.74, 6) is -1.21. The summed E-state index contributed by atoms with van der Waals surface area (Å²) in [5.41, 5.74) is 3.96. The van der Waals surface area contributed by atoms with Gasteiger partial charge in [0.25, 0.3) is 0 Å². The molecule has 0 saturated heterocycles. The topological polar surface area (TPSA) is 86.7 Å². The molecule has 4 aromatic rings. The Kier molecular flexibility index (Phi) is 9.36. The highest BCUT2D eigenvalue weighted by Crippen LogP contribution is 2.38. The fourth-order valence-corrected chi connectivity index (χ4v) is 7.25. The zero-order valence-corrected chi connectivity index (χ0v) is 25.7. The average molecular weight is 637 g/mol. The first kappa shape index (κ1) is 32.2. The molecule has 2 unspecified atom stereocenters. The number of carbonyl (C=O) groups is 1. The van der Waals surface area contributed by atoms with Crippen LogP contribution in [0.1, 0.15) is 53.5 Å². The molecule has 0 N–H and O–H groups in total. The monoisotopic (exact) mass is 636 g/mol. The van der Waals surface area contributed by atoms with Crippen molar-refractivity contribution in [3.8, 4) is 16.9 Å². The van der Waals surface area contributed by atoms with E-state index >= 15 is 0 Å². The molecular formula is C35H33F3NO5S-. The molecule has 45 heavy (non-hydrogen) atoms. The van der Waals surface area contributed by atoms with E-state index in [-0.39, 0.29) is 36.1 Å². The molecule has 0 amide bonds. The van der Waals surface area contributed by atoms with E-state index in [2.05, 4.69) is 0 Å². The third-order valence-corrected chi connectivity index (χ3v) is 10.0. The Bertz CT molecular complexity index is 1770. The third-order valence-electron chi connectivity index (χ3n) is 8.21. The van der Waals surface area contributed by atoms with Crippen LogP contribution in [0.5, 0.6) is 5.75 Å². The van der Waals surface area contributed by atoms with Crippen molar-refractivity contribution >= 4 is 16.0 Å². The van der Waals surface area contributed by atoms with Gasteiger partial charge < -0.3 is 14.6 Å². The van der Waals surface area contributed by atoms with Gasteiger partial charge in [-0.05, 0) is 102 Å². The first-order valence-corrected chi connectivity index (χ1v) is 16.1. The fourth-order valence-electron chi connectivity index (χ4n) is 5.70. The smallest absolute Gasteiger partial charge is 0.416 e. The van der Waals surface area contributed by atoms with Crippen LogP contribution in [0.25, 0.3) is 11.1 Å². The van der Waals surface area contributed by atoms with Crippen LogP contribution in [0.15, 0.2) is 95.9 Å². The van der Waals surface area contributed by atoms with E-state index in [4.69, 9.17) is 4.74 Å². The maximum absolute atomic E-state index is 14.0. The zero-order chi connectivity index (χ0) is 32.4. The summed E-state index contributed by atoms with van der Waals surface area (Å²) in [6.45, 7) is 3.65. The summed E-state index contributed by atoms with van der Waals surface area (Å²) in [5, 5.41) is 11.3. The van der Waals surface area contributed by atoms with E-state index in [1.807, 2.05) is 48.5 Å². The quantitative estimate of drug-likeness (QED) is 0.198. The van der Waals surface area contributed by atoms with Gasteiger partial charge in [0, 0.05) is 13.1 Å². The van der Waals surface area contributed by atoms with Gasteiger partial charge in [0.15, 0.2) is 0 Å². The van der Waals surface area contributed by atoms with Crippen molar-refractivity contribution in [2.75, 3.05) is 6.54 Å². The number of aryl methyl sites for hydroxylation is 2. The SMILES string of the molecule is CCC(Oc1ccc(S(=O)(=O)N2Cc3cc(-c4ccc(C(F)(F)F)cc4)ccc3C(CCc3ccccc3)C2)cc1C)C(=O)[O-]. The van der Waals surface area contributed by atoms with E-state index < -0.39 is 33.8 Å². The number of carboxylic acids is 1. The number of carboxylic acid groups (broad SMARTS) is 1. The average Bonchev–Trinajstić information content (AvgIpc) is 3.02. The van der Waals surface area contributed by atoms with Gasteiger partial charge in [-0.2, -0.15) is 17.5 Å². The molecule has 236 valence electrons. The van der Waals surface area contributed by atoms with Crippen molar-refractivity contribution in [2.45, 2.75) is 62.7 Å². The van der Waals surface area contributed by atoms with Crippen LogP contribution >= 0.6 is 0 Å². The van der Waals surface area contributed by atoms with Crippen molar-refractivity contribution in [2.24, 2.45) is 0 Å². The summed E-state index contributed by atoms with van der Waals surface area (Å²) in [6.07, 6.45) is -3.98. The summed E-state index contributed by atoms with van der Waals surface area (Å²) in [6, 6.07) is 24.9. The maximum Gasteiger partial charge on any atom is 0.416 e. The molecular weight excluding hydrogens is 603 g/mol. The van der Waals surface area contributed by atoms with E-state index in [0.29, 0.717) is 23.1 Å². The van der Waals surface area contributed by atoms with Gasteiger partial charge in [-0.25, -0.2) is 8.42 Å². The lowest BCUT2D eigenvalue weighted by atomic mass is 9.85. The molecule has 4 aromatic carbocycles. The molecule has 0 radical (unpaired) electrons. The summed E-state index contributed by atoms with van der Waals surface area (Å²) >= 11 is 0. The van der Waals surface area contributed by atoms with Gasteiger partial charge in [0.1, 0.15) is 11.9 Å². The Morgan fingerprint density at radius 3 is 2.29 bits per heavy atom. The summed E-state index contributed by atoms with van der Waals surface area (Å²) < 4.78 is 74.5. The Balaban J connectivity index is 1.47.